The fourth-order valence-corrected chi connectivity index (χ4v) is 1.48. The molecule has 0 fully saturated rings. The van der Waals surface area contributed by atoms with Crippen LogP contribution in [0.2, 0.25) is 0 Å². The van der Waals surface area contributed by atoms with Crippen molar-refractivity contribution in [3.63, 3.8) is 0 Å². The Hall–Kier alpha value is -0.280. The first-order valence-electron chi connectivity index (χ1n) is 6.26. The van der Waals surface area contributed by atoms with Crippen molar-refractivity contribution in [1.82, 2.24) is 16.0 Å². The Bertz CT molecular complexity index is 140. The van der Waals surface area contributed by atoms with E-state index in [1.165, 1.54) is 0 Å². The summed E-state index contributed by atoms with van der Waals surface area (Å²) in [6.07, 6.45) is 0. The zero-order valence-corrected chi connectivity index (χ0v) is 10.6. The van der Waals surface area contributed by atoms with Crippen molar-refractivity contribution in [1.29, 1.82) is 0 Å². The van der Waals surface area contributed by atoms with Crippen LogP contribution in [-0.2, 0) is 0 Å². The van der Waals surface area contributed by atoms with Gasteiger partial charge in [-0.15, -0.1) is 0 Å². The lowest BCUT2D eigenvalue weighted by atomic mass is 10.2. The summed E-state index contributed by atoms with van der Waals surface area (Å²) < 4.78 is 0. The lowest BCUT2D eigenvalue weighted by Crippen LogP contribution is -2.50. The van der Waals surface area contributed by atoms with Crippen LogP contribution in [0.3, 0.4) is 0 Å². The smallest absolute Gasteiger partial charge is 0.0315 e. The minimum Gasteiger partial charge on any atom is -0.329 e. The monoisotopic (exact) mass is 247 g/mol. The Morgan fingerprint density at radius 2 is 1.12 bits per heavy atom. The van der Waals surface area contributed by atoms with E-state index < -0.39 is 0 Å². The van der Waals surface area contributed by atoms with E-state index in [1.54, 1.807) is 0 Å². The lowest BCUT2D eigenvalue weighted by molar-refractivity contribution is 0.441. The van der Waals surface area contributed by atoms with Gasteiger partial charge in [0.2, 0.25) is 0 Å². The average Bonchev–Trinajstić information content (AvgIpc) is 2.37. The van der Waals surface area contributed by atoms with Crippen molar-refractivity contribution in [3.05, 3.63) is 0 Å². The van der Waals surface area contributed by atoms with Crippen LogP contribution >= 0.6 is 0 Å². The molecule has 0 heterocycles. The van der Waals surface area contributed by atoms with Crippen molar-refractivity contribution in [2.75, 3.05) is 52.4 Å². The van der Waals surface area contributed by atoms with E-state index >= 15 is 0 Å². The molecule has 2 atom stereocenters. The molecule has 0 aromatic carbocycles. The fraction of sp³-hybridized carbons (Fsp3) is 1.00. The summed E-state index contributed by atoms with van der Waals surface area (Å²) >= 11 is 0. The molecule has 0 amide bonds. The normalized spacial score (nSPS) is 14.8. The summed E-state index contributed by atoms with van der Waals surface area (Å²) in [5, 5.41) is 9.88. The summed E-state index contributed by atoms with van der Waals surface area (Å²) in [7, 11) is 0. The molecule has 0 aliphatic heterocycles. The van der Waals surface area contributed by atoms with Gasteiger partial charge in [0.15, 0.2) is 0 Å². The summed E-state index contributed by atoms with van der Waals surface area (Å²) in [6, 6.07) is 0.512. The molecule has 0 aromatic heterocycles. The first-order chi connectivity index (χ1) is 8.28. The minimum absolute atomic E-state index is 0.256. The summed E-state index contributed by atoms with van der Waals surface area (Å²) in [5.41, 5.74) is 22.1. The van der Waals surface area contributed by atoms with Gasteiger partial charge >= 0.3 is 0 Å². The van der Waals surface area contributed by atoms with E-state index in [2.05, 4.69) is 16.0 Å². The van der Waals surface area contributed by atoms with E-state index in [9.17, 15) is 0 Å². The van der Waals surface area contributed by atoms with Crippen LogP contribution in [0, 0.1) is 0 Å². The summed E-state index contributed by atoms with van der Waals surface area (Å²) in [6.45, 7) is 5.65. The van der Waals surface area contributed by atoms with Crippen molar-refractivity contribution < 1.29 is 0 Å². The number of hydrogen-bond donors (Lipinski definition) is 7. The van der Waals surface area contributed by atoms with Gasteiger partial charge in [-0.05, 0) is 0 Å². The Morgan fingerprint density at radius 3 is 1.41 bits per heavy atom. The van der Waals surface area contributed by atoms with Crippen LogP contribution in [0.25, 0.3) is 0 Å². The van der Waals surface area contributed by atoms with Crippen LogP contribution in [0.5, 0.6) is 0 Å². The minimum atomic E-state index is 0.256. The van der Waals surface area contributed by atoms with Gasteiger partial charge in [0.05, 0.1) is 0 Å². The molecule has 0 saturated heterocycles. The molecule has 0 rings (SSSR count). The number of rotatable bonds is 12. The predicted octanol–water partition coefficient (Wildman–Crippen LogP) is -3.67. The molecule has 0 radical (unpaired) electrons. The lowest BCUT2D eigenvalue weighted by Gasteiger charge is -2.21. The molecule has 0 spiro atoms. The number of nitrogens with one attached hydrogen (secondary N) is 3. The van der Waals surface area contributed by atoms with Crippen molar-refractivity contribution in [3.8, 4) is 0 Å². The van der Waals surface area contributed by atoms with Gasteiger partial charge < -0.3 is 38.9 Å². The van der Waals surface area contributed by atoms with Gasteiger partial charge in [-0.3, -0.25) is 0 Å². The van der Waals surface area contributed by atoms with E-state index in [0.29, 0.717) is 26.2 Å². The maximum absolute atomic E-state index is 5.64. The number of nitrogens with two attached hydrogens (primary N) is 4. The maximum Gasteiger partial charge on any atom is 0.0315 e. The van der Waals surface area contributed by atoms with Crippen molar-refractivity contribution in [2.24, 2.45) is 22.9 Å². The second-order valence-electron chi connectivity index (χ2n) is 4.01. The van der Waals surface area contributed by atoms with E-state index in [-0.39, 0.29) is 12.1 Å². The van der Waals surface area contributed by atoms with Crippen LogP contribution in [0.4, 0.5) is 0 Å². The van der Waals surface area contributed by atoms with Crippen LogP contribution in [0.1, 0.15) is 0 Å². The Kier molecular flexibility index (Phi) is 12.0. The summed E-state index contributed by atoms with van der Waals surface area (Å²) in [4.78, 5) is 0. The zero-order chi connectivity index (χ0) is 12.9. The average molecular weight is 247 g/mol. The largest absolute Gasteiger partial charge is 0.329 e. The molecule has 104 valence electrons. The van der Waals surface area contributed by atoms with Crippen LogP contribution in [-0.4, -0.2) is 64.4 Å². The standard InChI is InChI=1S/C10H29N7/c11-1-3-16-9(5-13)7-15-8-10(6-14)17-4-2-12/h9-10,15-17H,1-8,11-14H2. The molecule has 7 heteroatoms. The Labute approximate surface area is 104 Å². The van der Waals surface area contributed by atoms with Crippen molar-refractivity contribution >= 4 is 0 Å². The SMILES string of the molecule is NCCNC(CN)CNCC(CN)NCCN. The topological polar surface area (TPSA) is 140 Å². The van der Waals surface area contributed by atoms with Gasteiger partial charge in [-0.2, -0.15) is 0 Å². The third-order valence-electron chi connectivity index (χ3n) is 2.51. The molecule has 17 heavy (non-hydrogen) atoms. The predicted molar refractivity (Wildman–Crippen MR) is 72.7 cm³/mol. The highest BCUT2D eigenvalue weighted by molar-refractivity contribution is 4.75. The van der Waals surface area contributed by atoms with E-state index in [0.717, 1.165) is 26.2 Å². The van der Waals surface area contributed by atoms with Gasteiger partial charge in [0.25, 0.3) is 0 Å². The quantitative estimate of drug-likeness (QED) is 0.188. The Balaban J connectivity index is 3.61. The summed E-state index contributed by atoms with van der Waals surface area (Å²) in [5.74, 6) is 0. The van der Waals surface area contributed by atoms with Gasteiger partial charge in [0, 0.05) is 64.4 Å². The Morgan fingerprint density at radius 1 is 0.706 bits per heavy atom. The molecule has 0 aliphatic rings. The first-order valence-corrected chi connectivity index (χ1v) is 6.26. The third kappa shape index (κ3) is 9.42. The van der Waals surface area contributed by atoms with E-state index in [4.69, 9.17) is 22.9 Å². The highest BCUT2D eigenvalue weighted by atomic mass is 15.0. The first kappa shape index (κ1) is 16.7. The molecule has 0 bridgehead atoms. The second-order valence-corrected chi connectivity index (χ2v) is 4.01. The molecule has 7 nitrogen and oxygen atoms in total. The van der Waals surface area contributed by atoms with Gasteiger partial charge in [0.1, 0.15) is 0 Å². The van der Waals surface area contributed by atoms with E-state index in [1.807, 2.05) is 0 Å². The molecule has 0 saturated carbocycles. The molecule has 11 N–H and O–H groups in total. The maximum atomic E-state index is 5.64. The highest BCUT2D eigenvalue weighted by Gasteiger charge is 2.07. The van der Waals surface area contributed by atoms with Crippen molar-refractivity contribution in [2.45, 2.75) is 12.1 Å². The zero-order valence-electron chi connectivity index (χ0n) is 10.6. The molecular formula is C10H29N7. The van der Waals surface area contributed by atoms with Crippen LogP contribution < -0.4 is 38.9 Å². The molecular weight excluding hydrogens is 218 g/mol. The molecule has 0 aliphatic carbocycles. The number of hydrogen-bond acceptors (Lipinski definition) is 7. The molecule has 0 aromatic rings. The second kappa shape index (κ2) is 12.2. The highest BCUT2D eigenvalue weighted by Crippen LogP contribution is 1.81. The van der Waals surface area contributed by atoms with Gasteiger partial charge in [-0.25, -0.2) is 0 Å². The molecule has 2 unspecified atom stereocenters. The third-order valence-corrected chi connectivity index (χ3v) is 2.51. The fourth-order valence-electron chi connectivity index (χ4n) is 1.48. The van der Waals surface area contributed by atoms with Gasteiger partial charge in [-0.1, -0.05) is 0 Å². The van der Waals surface area contributed by atoms with Crippen LogP contribution in [0.15, 0.2) is 0 Å².